The van der Waals surface area contributed by atoms with Crippen LogP contribution in [0.25, 0.3) is 11.0 Å². The number of carbonyl (C=O) groups excluding carboxylic acids is 1. The summed E-state index contributed by atoms with van der Waals surface area (Å²) in [6.45, 7) is 1.78. The molecular formula is C21H24N8O2S. The summed E-state index contributed by atoms with van der Waals surface area (Å²) < 4.78 is 9.19. The highest BCUT2D eigenvalue weighted by Gasteiger charge is 2.44. The van der Waals surface area contributed by atoms with Crippen LogP contribution in [0, 0.1) is 23.2 Å². The van der Waals surface area contributed by atoms with Crippen LogP contribution in [0.5, 0.6) is 0 Å². The van der Waals surface area contributed by atoms with E-state index in [2.05, 4.69) is 42.7 Å². The maximum Gasteiger partial charge on any atom is 0.323 e. The first-order valence-electron chi connectivity index (χ1n) is 10.5. The molecule has 1 aliphatic heterocycles. The second-order valence-corrected chi connectivity index (χ2v) is 9.16. The van der Waals surface area contributed by atoms with Gasteiger partial charge in [-0.05, 0) is 30.7 Å². The van der Waals surface area contributed by atoms with E-state index in [-0.39, 0.29) is 6.03 Å². The van der Waals surface area contributed by atoms with Gasteiger partial charge in [0.05, 0.1) is 11.3 Å². The number of rotatable bonds is 5. The molecule has 166 valence electrons. The fraction of sp³-hybridized carbons (Fsp3) is 0.476. The molecule has 32 heavy (non-hydrogen) atoms. The Morgan fingerprint density at radius 1 is 1.44 bits per heavy atom. The zero-order valence-corrected chi connectivity index (χ0v) is 18.7. The molecule has 3 atom stereocenters. The molecule has 2 amide bonds. The van der Waals surface area contributed by atoms with Crippen molar-refractivity contribution in [2.24, 2.45) is 11.8 Å². The number of methoxy groups -OCH3 is 1. The Bertz CT molecular complexity index is 1170. The number of aromatic amines is 1. The molecule has 4 heterocycles. The number of aromatic nitrogens is 4. The van der Waals surface area contributed by atoms with Gasteiger partial charge in [0, 0.05) is 62.6 Å². The van der Waals surface area contributed by atoms with E-state index in [1.54, 1.807) is 13.3 Å². The van der Waals surface area contributed by atoms with Crippen LogP contribution in [0.15, 0.2) is 18.5 Å². The lowest BCUT2D eigenvalue weighted by Gasteiger charge is -2.29. The third kappa shape index (κ3) is 3.65. The highest BCUT2D eigenvalue weighted by molar-refractivity contribution is 7.09. The van der Waals surface area contributed by atoms with Crippen LogP contribution >= 0.6 is 11.5 Å². The van der Waals surface area contributed by atoms with Gasteiger partial charge in [0.1, 0.15) is 18.3 Å². The molecule has 0 radical (unpaired) electrons. The second-order valence-electron chi connectivity index (χ2n) is 8.41. The Morgan fingerprint density at radius 3 is 2.94 bits per heavy atom. The molecule has 0 spiro atoms. The number of likely N-dealkylation sites (tertiary alicyclic amines) is 1. The molecule has 2 fully saturated rings. The number of hydrogen-bond donors (Lipinski definition) is 2. The van der Waals surface area contributed by atoms with Crippen molar-refractivity contribution in [2.45, 2.75) is 25.5 Å². The van der Waals surface area contributed by atoms with Crippen LogP contribution < -0.4 is 10.2 Å². The monoisotopic (exact) mass is 452 g/mol. The van der Waals surface area contributed by atoms with Gasteiger partial charge in [-0.15, -0.1) is 0 Å². The number of nitrogens with one attached hydrogen (secondary N) is 2. The number of nitriles is 1. The summed E-state index contributed by atoms with van der Waals surface area (Å²) in [5.74, 6) is 1.46. The van der Waals surface area contributed by atoms with Gasteiger partial charge in [0.25, 0.3) is 0 Å². The molecule has 2 N–H and O–H groups in total. The predicted octanol–water partition coefficient (Wildman–Crippen LogP) is 2.81. The maximum absolute atomic E-state index is 12.7. The van der Waals surface area contributed by atoms with Gasteiger partial charge in [0.2, 0.25) is 5.13 Å². The van der Waals surface area contributed by atoms with Crippen molar-refractivity contribution in [3.63, 3.8) is 0 Å². The van der Waals surface area contributed by atoms with Gasteiger partial charge < -0.3 is 19.5 Å². The van der Waals surface area contributed by atoms with E-state index in [0.717, 1.165) is 54.2 Å². The summed E-state index contributed by atoms with van der Waals surface area (Å²) in [7, 11) is 3.65. The summed E-state index contributed by atoms with van der Waals surface area (Å²) in [4.78, 5) is 28.6. The minimum atomic E-state index is -0.126. The molecule has 3 aromatic heterocycles. The number of ether oxygens (including phenoxy) is 1. The molecule has 0 bridgehead atoms. The van der Waals surface area contributed by atoms with E-state index in [1.165, 1.54) is 0 Å². The molecule has 10 nitrogen and oxygen atoms in total. The first-order valence-corrected chi connectivity index (χ1v) is 11.3. The summed E-state index contributed by atoms with van der Waals surface area (Å²) in [6, 6.07) is 4.46. The number of nitrogens with zero attached hydrogens (tertiary/aromatic N) is 6. The largest absolute Gasteiger partial charge is 0.377 e. The maximum atomic E-state index is 12.7. The number of urea groups is 1. The van der Waals surface area contributed by atoms with Crippen molar-refractivity contribution >= 4 is 39.4 Å². The number of anilines is 2. The van der Waals surface area contributed by atoms with Crippen molar-refractivity contribution in [1.29, 1.82) is 5.26 Å². The topological polar surface area (TPSA) is 123 Å². The summed E-state index contributed by atoms with van der Waals surface area (Å²) in [5, 5.41) is 13.9. The SMILES string of the molecule is COCc1nsc(NC(=O)N2C[C@H]3C[C@H](N(C)c4c(C#N)cnc5[nH]ccc45)C[C@H]3C2)n1. The number of carbonyl (C=O) groups is 1. The van der Waals surface area contributed by atoms with Crippen LogP contribution in [0.2, 0.25) is 0 Å². The van der Waals surface area contributed by atoms with Crippen molar-refractivity contribution < 1.29 is 9.53 Å². The number of pyridine rings is 1. The molecule has 1 saturated heterocycles. The molecule has 2 aliphatic rings. The highest BCUT2D eigenvalue weighted by Crippen LogP contribution is 2.42. The number of amides is 2. The quantitative estimate of drug-likeness (QED) is 0.610. The van der Waals surface area contributed by atoms with Crippen molar-refractivity contribution in [1.82, 2.24) is 24.2 Å². The highest BCUT2D eigenvalue weighted by atomic mass is 32.1. The molecular weight excluding hydrogens is 428 g/mol. The summed E-state index contributed by atoms with van der Waals surface area (Å²) >= 11 is 1.16. The average Bonchev–Trinajstić information content (AvgIpc) is 3.55. The van der Waals surface area contributed by atoms with E-state index < -0.39 is 0 Å². The zero-order valence-electron chi connectivity index (χ0n) is 17.9. The van der Waals surface area contributed by atoms with Crippen molar-refractivity contribution in [2.75, 3.05) is 37.5 Å². The number of H-pyrrole nitrogens is 1. The van der Waals surface area contributed by atoms with E-state index in [1.807, 2.05) is 17.2 Å². The van der Waals surface area contributed by atoms with Crippen LogP contribution in [0.3, 0.4) is 0 Å². The Balaban J connectivity index is 1.24. The van der Waals surface area contributed by atoms with Gasteiger partial charge in [0.15, 0.2) is 5.82 Å². The van der Waals surface area contributed by atoms with Crippen LogP contribution in [0.1, 0.15) is 24.2 Å². The van der Waals surface area contributed by atoms with Crippen molar-refractivity contribution in [3.8, 4) is 6.07 Å². The third-order valence-electron chi connectivity index (χ3n) is 6.55. The lowest BCUT2D eigenvalue weighted by atomic mass is 10.0. The number of fused-ring (bicyclic) bond motifs is 2. The first-order chi connectivity index (χ1) is 15.6. The molecule has 1 saturated carbocycles. The molecule has 11 heteroatoms. The fourth-order valence-electron chi connectivity index (χ4n) is 5.05. The Kier molecular flexibility index (Phi) is 5.40. The number of hydrogen-bond acceptors (Lipinski definition) is 8. The molecule has 3 aromatic rings. The normalized spacial score (nSPS) is 22.2. The molecule has 0 aromatic carbocycles. The van der Waals surface area contributed by atoms with Crippen LogP contribution in [-0.2, 0) is 11.3 Å². The smallest absolute Gasteiger partial charge is 0.323 e. The summed E-state index contributed by atoms with van der Waals surface area (Å²) in [6.07, 6.45) is 5.46. The predicted molar refractivity (Wildman–Crippen MR) is 120 cm³/mol. The lowest BCUT2D eigenvalue weighted by molar-refractivity contribution is 0.179. The Labute approximate surface area is 189 Å². The van der Waals surface area contributed by atoms with Gasteiger partial charge in [-0.1, -0.05) is 0 Å². The molecule has 5 rings (SSSR count). The third-order valence-corrected chi connectivity index (χ3v) is 7.22. The Morgan fingerprint density at radius 2 is 2.22 bits per heavy atom. The Hall–Kier alpha value is -3.23. The fourth-order valence-corrected chi connectivity index (χ4v) is 5.62. The van der Waals surface area contributed by atoms with Crippen LogP contribution in [0.4, 0.5) is 15.6 Å². The van der Waals surface area contributed by atoms with Crippen molar-refractivity contribution in [3.05, 3.63) is 29.8 Å². The van der Waals surface area contributed by atoms with E-state index in [0.29, 0.717) is 41.0 Å². The standard InChI is InChI=1S/C21H24N8O2S/c1-28(18-14(7-22)8-24-19-16(18)3-4-23-19)15-5-12-9-29(10-13(12)6-15)21(30)26-20-25-17(11-31-2)27-32-20/h3-4,8,12-13,15H,5-6,9-11H2,1-2H3,(H,23,24)(H,25,26,27,30)/t12-,13+,15+. The molecule has 0 unspecified atom stereocenters. The minimum absolute atomic E-state index is 0.126. The first kappa shape index (κ1) is 20.7. The minimum Gasteiger partial charge on any atom is -0.377 e. The van der Waals surface area contributed by atoms with Gasteiger partial charge in [-0.2, -0.15) is 9.64 Å². The van der Waals surface area contributed by atoms with Crippen LogP contribution in [-0.4, -0.2) is 63.5 Å². The molecule has 1 aliphatic carbocycles. The van der Waals surface area contributed by atoms with Gasteiger partial charge >= 0.3 is 6.03 Å². The zero-order chi connectivity index (χ0) is 22.2. The van der Waals surface area contributed by atoms with E-state index in [9.17, 15) is 10.1 Å². The van der Waals surface area contributed by atoms with E-state index >= 15 is 0 Å². The summed E-state index contributed by atoms with van der Waals surface area (Å²) in [5.41, 5.74) is 2.31. The van der Waals surface area contributed by atoms with Gasteiger partial charge in [-0.25, -0.2) is 14.8 Å². The second kappa shape index (κ2) is 8.37. The van der Waals surface area contributed by atoms with Gasteiger partial charge in [-0.3, -0.25) is 5.32 Å². The average molecular weight is 453 g/mol. The lowest BCUT2D eigenvalue weighted by Crippen LogP contribution is -2.36. The van der Waals surface area contributed by atoms with E-state index in [4.69, 9.17) is 4.74 Å².